The van der Waals surface area contributed by atoms with E-state index in [1.807, 2.05) is 7.05 Å². The fraction of sp³-hybridized carbons (Fsp3) is 0.667. The zero-order valence-electron chi connectivity index (χ0n) is 16.9. The molecule has 1 saturated heterocycles. The van der Waals surface area contributed by atoms with Gasteiger partial charge in [-0.25, -0.2) is 0 Å². The van der Waals surface area contributed by atoms with Gasteiger partial charge in [-0.3, -0.25) is 9.89 Å². The van der Waals surface area contributed by atoms with Gasteiger partial charge in [-0.2, -0.15) is 0 Å². The molecule has 0 spiro atoms. The van der Waals surface area contributed by atoms with Crippen molar-refractivity contribution in [2.75, 3.05) is 46.3 Å². The van der Waals surface area contributed by atoms with Crippen LogP contribution in [0.25, 0.3) is 0 Å². The second kappa shape index (κ2) is 11.9. The summed E-state index contributed by atoms with van der Waals surface area (Å²) in [5.41, 5.74) is 1.43. The normalized spacial score (nSPS) is 23.6. The summed E-state index contributed by atoms with van der Waals surface area (Å²) in [6.07, 6.45) is 3.73. The van der Waals surface area contributed by atoms with Gasteiger partial charge in [0.2, 0.25) is 0 Å². The maximum absolute atomic E-state index is 4.31. The van der Waals surface area contributed by atoms with E-state index >= 15 is 0 Å². The van der Waals surface area contributed by atoms with Crippen molar-refractivity contribution in [2.45, 2.75) is 38.8 Å². The van der Waals surface area contributed by atoms with Gasteiger partial charge in [0.05, 0.1) is 0 Å². The first kappa shape index (κ1) is 22.4. The second-order valence-electron chi connectivity index (χ2n) is 7.77. The van der Waals surface area contributed by atoms with Gasteiger partial charge < -0.3 is 15.5 Å². The lowest BCUT2D eigenvalue weighted by atomic mass is 10.2. The van der Waals surface area contributed by atoms with Crippen LogP contribution in [0.5, 0.6) is 0 Å². The maximum Gasteiger partial charge on any atom is 0.191 e. The molecular weight excluding hydrogens is 449 g/mol. The smallest absolute Gasteiger partial charge is 0.191 e. The molecule has 1 heterocycles. The van der Waals surface area contributed by atoms with Gasteiger partial charge in [-0.15, -0.1) is 24.0 Å². The summed E-state index contributed by atoms with van der Waals surface area (Å²) in [6.45, 7) is 10.4. The highest BCUT2D eigenvalue weighted by atomic mass is 127. The fourth-order valence-corrected chi connectivity index (χ4v) is 3.57. The van der Waals surface area contributed by atoms with Crippen molar-refractivity contribution >= 4 is 29.9 Å². The minimum atomic E-state index is 0. The average molecular weight is 485 g/mol. The minimum absolute atomic E-state index is 0. The van der Waals surface area contributed by atoms with Crippen molar-refractivity contribution < 1.29 is 0 Å². The van der Waals surface area contributed by atoms with Crippen molar-refractivity contribution in [2.24, 2.45) is 10.9 Å². The molecule has 1 saturated carbocycles. The molecule has 1 aliphatic heterocycles. The van der Waals surface area contributed by atoms with E-state index in [1.54, 1.807) is 0 Å². The molecule has 0 amide bonds. The van der Waals surface area contributed by atoms with Crippen LogP contribution in [0, 0.1) is 5.92 Å². The van der Waals surface area contributed by atoms with E-state index in [2.05, 4.69) is 62.7 Å². The Morgan fingerprint density at radius 3 is 2.37 bits per heavy atom. The number of rotatable bonds is 8. The summed E-state index contributed by atoms with van der Waals surface area (Å²) < 4.78 is 0. The fourth-order valence-electron chi connectivity index (χ4n) is 3.57. The highest BCUT2D eigenvalue weighted by Crippen LogP contribution is 2.28. The highest BCUT2D eigenvalue weighted by molar-refractivity contribution is 14.0. The summed E-state index contributed by atoms with van der Waals surface area (Å²) in [6, 6.07) is 11.4. The quantitative estimate of drug-likeness (QED) is 0.257. The zero-order valence-corrected chi connectivity index (χ0v) is 19.2. The number of hydrogen-bond donors (Lipinski definition) is 2. The Balaban J connectivity index is 0.00000261. The molecule has 2 atom stereocenters. The van der Waals surface area contributed by atoms with E-state index in [9.17, 15) is 0 Å². The standard InChI is InChI=1S/C21H35N5.HI/c1-18-16-20(18)24-21(22-2)23-10-6-7-11-25-12-14-26(15-13-25)17-19-8-4-3-5-9-19;/h3-5,8-9,18,20H,6-7,10-17H2,1-2H3,(H2,22,23,24);1H. The lowest BCUT2D eigenvalue weighted by Gasteiger charge is -2.34. The number of piperazine rings is 1. The van der Waals surface area contributed by atoms with Crippen molar-refractivity contribution in [3.63, 3.8) is 0 Å². The molecule has 27 heavy (non-hydrogen) atoms. The molecule has 0 bridgehead atoms. The summed E-state index contributed by atoms with van der Waals surface area (Å²) >= 11 is 0. The Kier molecular flexibility index (Phi) is 9.86. The van der Waals surface area contributed by atoms with Crippen LogP contribution in [0.2, 0.25) is 0 Å². The van der Waals surface area contributed by atoms with Crippen LogP contribution in [0.3, 0.4) is 0 Å². The SMILES string of the molecule is CN=C(NCCCCN1CCN(Cc2ccccc2)CC1)NC1CC1C.I. The van der Waals surface area contributed by atoms with Gasteiger partial charge in [-0.05, 0) is 37.3 Å². The Morgan fingerprint density at radius 2 is 1.74 bits per heavy atom. The Morgan fingerprint density at radius 1 is 1.07 bits per heavy atom. The molecule has 5 nitrogen and oxygen atoms in total. The molecule has 2 unspecified atom stereocenters. The summed E-state index contributed by atoms with van der Waals surface area (Å²) in [5.74, 6) is 1.77. The first-order valence-corrected chi connectivity index (χ1v) is 10.2. The number of guanidine groups is 1. The lowest BCUT2D eigenvalue weighted by molar-refractivity contribution is 0.126. The molecule has 0 radical (unpaired) electrons. The predicted molar refractivity (Wildman–Crippen MR) is 125 cm³/mol. The zero-order chi connectivity index (χ0) is 18.2. The van der Waals surface area contributed by atoms with Gasteiger partial charge in [0.25, 0.3) is 0 Å². The van der Waals surface area contributed by atoms with Crippen molar-refractivity contribution in [1.82, 2.24) is 20.4 Å². The predicted octanol–water partition coefficient (Wildman–Crippen LogP) is 2.78. The van der Waals surface area contributed by atoms with Crippen LogP contribution in [0.15, 0.2) is 35.3 Å². The molecule has 2 aliphatic rings. The first-order valence-electron chi connectivity index (χ1n) is 10.2. The third-order valence-corrected chi connectivity index (χ3v) is 5.56. The third-order valence-electron chi connectivity index (χ3n) is 5.56. The van der Waals surface area contributed by atoms with E-state index in [1.165, 1.54) is 57.5 Å². The van der Waals surface area contributed by atoms with Gasteiger partial charge >= 0.3 is 0 Å². The Labute approximate surface area is 182 Å². The molecule has 152 valence electrons. The molecule has 1 aromatic carbocycles. The monoisotopic (exact) mass is 485 g/mol. The van der Waals surface area contributed by atoms with Crippen molar-refractivity contribution in [3.05, 3.63) is 35.9 Å². The highest BCUT2D eigenvalue weighted by Gasteiger charge is 2.33. The average Bonchev–Trinajstić information content (AvgIpc) is 3.37. The molecule has 6 heteroatoms. The van der Waals surface area contributed by atoms with Crippen molar-refractivity contribution in [3.8, 4) is 0 Å². The number of aliphatic imine (C=N–C) groups is 1. The van der Waals surface area contributed by atoms with Crippen LogP contribution in [0.1, 0.15) is 31.7 Å². The Bertz CT molecular complexity index is 557. The Hall–Kier alpha value is -0.860. The van der Waals surface area contributed by atoms with E-state index in [4.69, 9.17) is 0 Å². The number of hydrogen-bond acceptors (Lipinski definition) is 3. The van der Waals surface area contributed by atoms with Gasteiger partial charge in [-0.1, -0.05) is 37.3 Å². The largest absolute Gasteiger partial charge is 0.356 e. The lowest BCUT2D eigenvalue weighted by Crippen LogP contribution is -2.46. The first-order chi connectivity index (χ1) is 12.7. The number of unbranched alkanes of at least 4 members (excludes halogenated alkanes) is 1. The van der Waals surface area contributed by atoms with E-state index in [0.717, 1.165) is 25.0 Å². The number of nitrogens with one attached hydrogen (secondary N) is 2. The topological polar surface area (TPSA) is 42.9 Å². The van der Waals surface area contributed by atoms with Crippen LogP contribution >= 0.6 is 24.0 Å². The second-order valence-corrected chi connectivity index (χ2v) is 7.77. The van der Waals surface area contributed by atoms with E-state index in [0.29, 0.717) is 6.04 Å². The molecule has 1 aromatic rings. The molecule has 3 rings (SSSR count). The number of halogens is 1. The van der Waals surface area contributed by atoms with Crippen LogP contribution in [-0.4, -0.2) is 68.1 Å². The van der Waals surface area contributed by atoms with E-state index in [-0.39, 0.29) is 24.0 Å². The van der Waals surface area contributed by atoms with Gasteiger partial charge in [0.1, 0.15) is 0 Å². The van der Waals surface area contributed by atoms with Gasteiger partial charge in [0, 0.05) is 52.4 Å². The van der Waals surface area contributed by atoms with E-state index < -0.39 is 0 Å². The van der Waals surface area contributed by atoms with Crippen molar-refractivity contribution in [1.29, 1.82) is 0 Å². The molecule has 1 aliphatic carbocycles. The minimum Gasteiger partial charge on any atom is -0.356 e. The number of nitrogens with zero attached hydrogens (tertiary/aromatic N) is 3. The molecular formula is C21H36IN5. The summed E-state index contributed by atoms with van der Waals surface area (Å²) in [4.78, 5) is 9.49. The number of benzene rings is 1. The summed E-state index contributed by atoms with van der Waals surface area (Å²) in [7, 11) is 1.86. The summed E-state index contributed by atoms with van der Waals surface area (Å²) in [5, 5.41) is 6.92. The maximum atomic E-state index is 4.31. The molecule has 2 N–H and O–H groups in total. The third kappa shape index (κ3) is 7.95. The van der Waals surface area contributed by atoms with Crippen LogP contribution in [0.4, 0.5) is 0 Å². The van der Waals surface area contributed by atoms with Crippen LogP contribution in [-0.2, 0) is 6.54 Å². The van der Waals surface area contributed by atoms with Gasteiger partial charge in [0.15, 0.2) is 5.96 Å². The molecule has 0 aromatic heterocycles. The molecule has 2 fully saturated rings. The van der Waals surface area contributed by atoms with Crippen LogP contribution < -0.4 is 10.6 Å².